The maximum atomic E-state index is 13.7. The molecule has 0 saturated heterocycles. The minimum Gasteiger partial charge on any atom is -0.483 e. The van der Waals surface area contributed by atoms with Crippen LogP contribution in [0, 0.1) is 10.8 Å². The van der Waals surface area contributed by atoms with Gasteiger partial charge in [0.2, 0.25) is 0 Å². The van der Waals surface area contributed by atoms with Crippen LogP contribution in [0.3, 0.4) is 0 Å². The van der Waals surface area contributed by atoms with Gasteiger partial charge < -0.3 is 15.4 Å². The van der Waals surface area contributed by atoms with E-state index >= 15 is 0 Å². The molecule has 0 spiro atoms. The van der Waals surface area contributed by atoms with Crippen LogP contribution < -0.4 is 15.4 Å². The smallest absolute Gasteiger partial charge is 0.262 e. The number of carbonyl (C=O) groups is 3. The second-order valence-electron chi connectivity index (χ2n) is 12.2. The van der Waals surface area contributed by atoms with Gasteiger partial charge in [-0.05, 0) is 54.0 Å². The molecule has 6 nitrogen and oxygen atoms in total. The zero-order valence-corrected chi connectivity index (χ0v) is 24.1. The molecule has 8 heteroatoms. The lowest BCUT2D eigenvalue weighted by atomic mass is 9.64. The van der Waals surface area contributed by atoms with E-state index in [1.54, 1.807) is 42.5 Å². The number of halogens is 2. The average molecular weight is 568 g/mol. The monoisotopic (exact) mass is 566 g/mol. The highest BCUT2D eigenvalue weighted by atomic mass is 35.5. The van der Waals surface area contributed by atoms with Crippen LogP contribution >= 0.6 is 23.2 Å². The molecule has 0 bridgehead atoms. The van der Waals surface area contributed by atoms with Gasteiger partial charge in [-0.3, -0.25) is 14.4 Å². The molecule has 1 heterocycles. The Morgan fingerprint density at radius 1 is 0.923 bits per heavy atom. The summed E-state index contributed by atoms with van der Waals surface area (Å²) in [4.78, 5) is 40.0. The molecular formula is C31H32Cl2N2O4. The van der Waals surface area contributed by atoms with Crippen LogP contribution in [0.15, 0.2) is 65.0 Å². The van der Waals surface area contributed by atoms with Gasteiger partial charge in [0.15, 0.2) is 18.2 Å². The van der Waals surface area contributed by atoms with Crippen LogP contribution in [0.4, 0.5) is 5.69 Å². The zero-order valence-electron chi connectivity index (χ0n) is 22.5. The molecule has 0 fully saturated rings. The topological polar surface area (TPSA) is 84.5 Å². The summed E-state index contributed by atoms with van der Waals surface area (Å²) in [5, 5.41) is 7.14. The number of ketones is 2. The number of amides is 1. The summed E-state index contributed by atoms with van der Waals surface area (Å²) >= 11 is 12.6. The van der Waals surface area contributed by atoms with Crippen LogP contribution in [0.5, 0.6) is 5.75 Å². The number of rotatable bonds is 5. The highest BCUT2D eigenvalue weighted by Gasteiger charge is 2.47. The quantitative estimate of drug-likeness (QED) is 0.407. The Hall–Kier alpha value is -3.09. The number of para-hydroxylation sites is 1. The van der Waals surface area contributed by atoms with E-state index < -0.39 is 5.92 Å². The molecule has 39 heavy (non-hydrogen) atoms. The number of nitrogens with one attached hydrogen (secondary N) is 2. The van der Waals surface area contributed by atoms with Crippen molar-refractivity contribution in [3.05, 3.63) is 80.6 Å². The van der Waals surface area contributed by atoms with Crippen molar-refractivity contribution in [2.45, 2.75) is 59.3 Å². The van der Waals surface area contributed by atoms with Crippen molar-refractivity contribution < 1.29 is 19.1 Å². The van der Waals surface area contributed by atoms with E-state index in [4.69, 9.17) is 27.9 Å². The van der Waals surface area contributed by atoms with Gasteiger partial charge >= 0.3 is 0 Å². The summed E-state index contributed by atoms with van der Waals surface area (Å²) in [6.07, 6.45) is 2.13. The fraction of sp³-hybridized carbons (Fsp3) is 0.387. The van der Waals surface area contributed by atoms with E-state index in [1.165, 1.54) is 0 Å². The van der Waals surface area contributed by atoms with E-state index in [2.05, 4.69) is 38.3 Å². The number of hydrogen-bond acceptors (Lipinski definition) is 5. The molecule has 2 N–H and O–H groups in total. The predicted octanol–water partition coefficient (Wildman–Crippen LogP) is 6.98. The number of hydrogen-bond donors (Lipinski definition) is 2. The molecule has 0 unspecified atom stereocenters. The third kappa shape index (κ3) is 5.64. The Labute approximate surface area is 238 Å². The van der Waals surface area contributed by atoms with Crippen LogP contribution in [-0.4, -0.2) is 24.1 Å². The molecule has 2 aromatic carbocycles. The molecule has 0 radical (unpaired) electrons. The molecule has 0 aromatic heterocycles. The van der Waals surface area contributed by atoms with Crippen molar-refractivity contribution in [3.63, 3.8) is 0 Å². The van der Waals surface area contributed by atoms with E-state index in [1.807, 2.05) is 0 Å². The Bertz CT molecular complexity index is 1400. The lowest BCUT2D eigenvalue weighted by molar-refractivity contribution is -0.120. The van der Waals surface area contributed by atoms with E-state index in [-0.39, 0.29) is 34.9 Å². The van der Waals surface area contributed by atoms with E-state index in [9.17, 15) is 14.4 Å². The minimum absolute atomic E-state index is 0.00493. The fourth-order valence-corrected chi connectivity index (χ4v) is 6.33. The SMILES string of the molecule is CC1(C)CC(=O)C2=C(C1)NC1=C(C(=O)CC(C)(C)C1)C2c1cc(Cl)ccc1OCC(=O)Nc1ccccc1Cl. The summed E-state index contributed by atoms with van der Waals surface area (Å²) in [7, 11) is 0. The first-order valence-corrected chi connectivity index (χ1v) is 13.9. The Morgan fingerprint density at radius 2 is 1.51 bits per heavy atom. The molecule has 0 atom stereocenters. The van der Waals surface area contributed by atoms with Crippen molar-refractivity contribution in [3.8, 4) is 5.75 Å². The van der Waals surface area contributed by atoms with Gasteiger partial charge in [0, 0.05) is 51.9 Å². The van der Waals surface area contributed by atoms with Gasteiger partial charge in [-0.15, -0.1) is 0 Å². The Balaban J connectivity index is 1.55. The lowest BCUT2D eigenvalue weighted by Gasteiger charge is -2.44. The standard InChI is InChI=1S/C31H32Cl2N2O4/c1-30(2)12-21-28(23(36)14-30)27(29-22(34-21)13-31(3,4)15-24(29)37)18-11-17(32)9-10-25(18)39-16-26(38)35-20-8-6-5-7-19(20)33/h5-11,27,34H,12-16H2,1-4H3,(H,35,38). The second-order valence-corrected chi connectivity index (χ2v) is 13.1. The van der Waals surface area contributed by atoms with Crippen LogP contribution in [0.2, 0.25) is 10.0 Å². The van der Waals surface area contributed by atoms with Gasteiger partial charge in [-0.1, -0.05) is 63.0 Å². The summed E-state index contributed by atoms with van der Waals surface area (Å²) in [5.41, 5.74) is 3.57. The molecule has 2 aromatic rings. The van der Waals surface area contributed by atoms with Crippen molar-refractivity contribution >= 4 is 46.4 Å². The lowest BCUT2D eigenvalue weighted by Crippen LogP contribution is -2.42. The van der Waals surface area contributed by atoms with Gasteiger partial charge in [-0.2, -0.15) is 0 Å². The summed E-state index contributed by atoms with van der Waals surface area (Å²) in [6, 6.07) is 12.1. The Kier molecular flexibility index (Phi) is 7.15. The highest BCUT2D eigenvalue weighted by molar-refractivity contribution is 6.33. The van der Waals surface area contributed by atoms with E-state index in [0.717, 1.165) is 11.4 Å². The van der Waals surface area contributed by atoms with Gasteiger partial charge in [0.1, 0.15) is 5.75 Å². The molecule has 5 rings (SSSR count). The number of anilines is 1. The molecule has 1 amide bonds. The first kappa shape index (κ1) is 27.5. The first-order valence-electron chi connectivity index (χ1n) is 13.1. The normalized spacial score (nSPS) is 20.3. The van der Waals surface area contributed by atoms with Gasteiger partial charge in [0.05, 0.1) is 10.7 Å². The molecule has 204 valence electrons. The van der Waals surface area contributed by atoms with Gasteiger partial charge in [0.25, 0.3) is 5.91 Å². The van der Waals surface area contributed by atoms with Crippen LogP contribution in [-0.2, 0) is 14.4 Å². The third-order valence-corrected chi connectivity index (χ3v) is 8.07. The number of carbonyl (C=O) groups excluding carboxylic acids is 3. The molecule has 1 aliphatic heterocycles. The largest absolute Gasteiger partial charge is 0.483 e. The predicted molar refractivity (Wildman–Crippen MR) is 153 cm³/mol. The number of dihydropyridines is 1. The minimum atomic E-state index is -0.622. The van der Waals surface area contributed by atoms with Crippen molar-refractivity contribution in [1.29, 1.82) is 0 Å². The average Bonchev–Trinajstić information content (AvgIpc) is 2.82. The first-order chi connectivity index (χ1) is 18.3. The van der Waals surface area contributed by atoms with Crippen LogP contribution in [0.25, 0.3) is 0 Å². The van der Waals surface area contributed by atoms with Gasteiger partial charge in [-0.25, -0.2) is 0 Å². The van der Waals surface area contributed by atoms with Crippen LogP contribution in [0.1, 0.15) is 64.9 Å². The second kappa shape index (κ2) is 10.1. The molecule has 3 aliphatic rings. The van der Waals surface area contributed by atoms with E-state index in [0.29, 0.717) is 63.9 Å². The van der Waals surface area contributed by atoms with Crippen molar-refractivity contribution in [1.82, 2.24) is 5.32 Å². The summed E-state index contributed by atoms with van der Waals surface area (Å²) < 4.78 is 6.03. The molecule has 2 aliphatic carbocycles. The Morgan fingerprint density at radius 3 is 2.10 bits per heavy atom. The number of benzene rings is 2. The maximum absolute atomic E-state index is 13.7. The number of Topliss-reactive ketones (excluding diaryl/α,β-unsaturated/α-hetero) is 2. The molecular weight excluding hydrogens is 535 g/mol. The van der Waals surface area contributed by atoms with Crippen molar-refractivity contribution in [2.75, 3.05) is 11.9 Å². The summed E-state index contributed by atoms with van der Waals surface area (Å²) in [6.45, 7) is 8.03. The number of allylic oxidation sites excluding steroid dienone is 4. The fourth-order valence-electron chi connectivity index (χ4n) is 5.97. The summed E-state index contributed by atoms with van der Waals surface area (Å²) in [5.74, 6) is -0.603. The third-order valence-electron chi connectivity index (χ3n) is 7.51. The van der Waals surface area contributed by atoms with Crippen molar-refractivity contribution in [2.24, 2.45) is 10.8 Å². The maximum Gasteiger partial charge on any atom is 0.262 e. The highest BCUT2D eigenvalue weighted by Crippen LogP contribution is 2.52. The molecule has 0 saturated carbocycles. The zero-order chi connectivity index (χ0) is 28.1. The number of ether oxygens (including phenoxy) is 1.